The second kappa shape index (κ2) is 10.9. The smallest absolute Gasteiger partial charge is 0.303 e. The minimum absolute atomic E-state index is 0.0591. The summed E-state index contributed by atoms with van der Waals surface area (Å²) < 4.78 is 0. The van der Waals surface area contributed by atoms with Gasteiger partial charge in [0.15, 0.2) is 0 Å². The maximum absolute atomic E-state index is 12.4. The van der Waals surface area contributed by atoms with Crippen LogP contribution in [0.15, 0.2) is 54.6 Å². The Hall–Kier alpha value is -3.15. The molecular weight excluding hydrogens is 356 g/mol. The molecule has 0 aliphatic carbocycles. The van der Waals surface area contributed by atoms with Crippen LogP contribution in [0.2, 0.25) is 0 Å². The first-order valence-corrected chi connectivity index (χ1v) is 9.42. The lowest BCUT2D eigenvalue weighted by Crippen LogP contribution is -2.47. The highest BCUT2D eigenvalue weighted by Crippen LogP contribution is 2.19. The van der Waals surface area contributed by atoms with Gasteiger partial charge < -0.3 is 15.7 Å². The largest absolute Gasteiger partial charge is 0.481 e. The Morgan fingerprint density at radius 1 is 0.964 bits per heavy atom. The molecule has 0 aliphatic rings. The summed E-state index contributed by atoms with van der Waals surface area (Å²) in [5.74, 6) is -1.66. The second-order valence-electron chi connectivity index (χ2n) is 6.58. The van der Waals surface area contributed by atoms with E-state index in [0.717, 1.165) is 23.1 Å². The van der Waals surface area contributed by atoms with E-state index < -0.39 is 12.0 Å². The molecule has 2 rings (SSSR count). The van der Waals surface area contributed by atoms with E-state index in [9.17, 15) is 14.4 Å². The molecule has 148 valence electrons. The number of rotatable bonds is 10. The Morgan fingerprint density at radius 2 is 1.61 bits per heavy atom. The number of carbonyl (C=O) groups is 3. The number of hydrogen-bond donors (Lipinski definition) is 3. The van der Waals surface area contributed by atoms with E-state index in [1.54, 1.807) is 0 Å². The fourth-order valence-corrected chi connectivity index (χ4v) is 2.78. The van der Waals surface area contributed by atoms with Gasteiger partial charge in [-0.2, -0.15) is 0 Å². The normalized spacial score (nSPS) is 11.5. The van der Waals surface area contributed by atoms with Gasteiger partial charge in [-0.15, -0.1) is 0 Å². The third kappa shape index (κ3) is 6.87. The highest BCUT2D eigenvalue weighted by molar-refractivity contribution is 5.88. The first kappa shape index (κ1) is 21.2. The molecular formula is C22H26N2O4. The summed E-state index contributed by atoms with van der Waals surface area (Å²) in [6.45, 7) is 2.41. The summed E-state index contributed by atoms with van der Waals surface area (Å²) in [6.07, 6.45) is 0.763. The summed E-state index contributed by atoms with van der Waals surface area (Å²) in [5.41, 5.74) is 2.98. The third-order valence-electron chi connectivity index (χ3n) is 4.27. The number of aliphatic carboxylic acids is 1. The maximum Gasteiger partial charge on any atom is 0.303 e. The summed E-state index contributed by atoms with van der Waals surface area (Å²) >= 11 is 0. The number of nitrogens with one attached hydrogen (secondary N) is 2. The first-order chi connectivity index (χ1) is 13.5. The molecule has 0 saturated carbocycles. The zero-order valence-corrected chi connectivity index (χ0v) is 16.0. The second-order valence-corrected chi connectivity index (χ2v) is 6.58. The van der Waals surface area contributed by atoms with Gasteiger partial charge in [0.2, 0.25) is 11.8 Å². The minimum atomic E-state index is -1.00. The van der Waals surface area contributed by atoms with Gasteiger partial charge in [-0.3, -0.25) is 14.4 Å². The van der Waals surface area contributed by atoms with Gasteiger partial charge in [-0.1, -0.05) is 61.5 Å². The van der Waals surface area contributed by atoms with Crippen molar-refractivity contribution in [3.8, 4) is 11.1 Å². The predicted molar refractivity (Wildman–Crippen MR) is 108 cm³/mol. The van der Waals surface area contributed by atoms with Crippen LogP contribution in [0.25, 0.3) is 11.1 Å². The van der Waals surface area contributed by atoms with Crippen LogP contribution in [-0.4, -0.2) is 35.5 Å². The monoisotopic (exact) mass is 382 g/mol. The van der Waals surface area contributed by atoms with Crippen molar-refractivity contribution in [3.63, 3.8) is 0 Å². The van der Waals surface area contributed by atoms with Gasteiger partial charge in [0, 0.05) is 13.0 Å². The molecule has 1 atom stereocenters. The van der Waals surface area contributed by atoms with Crippen molar-refractivity contribution in [2.75, 3.05) is 6.54 Å². The molecule has 0 radical (unpaired) electrons. The van der Waals surface area contributed by atoms with E-state index >= 15 is 0 Å². The van der Waals surface area contributed by atoms with Crippen molar-refractivity contribution >= 4 is 17.8 Å². The van der Waals surface area contributed by atoms with Gasteiger partial charge in [0.05, 0.1) is 6.42 Å². The van der Waals surface area contributed by atoms with Crippen molar-refractivity contribution in [3.05, 3.63) is 60.2 Å². The SMILES string of the molecule is CCCNC(=O)[C@H](CCC(=O)O)NC(=O)Cc1ccc(-c2ccccc2)cc1. The van der Waals surface area contributed by atoms with E-state index in [-0.39, 0.29) is 31.1 Å². The Balaban J connectivity index is 1.97. The molecule has 0 aromatic heterocycles. The Bertz CT molecular complexity index is 788. The molecule has 0 aliphatic heterocycles. The average Bonchev–Trinajstić information content (AvgIpc) is 2.70. The molecule has 0 bridgehead atoms. The molecule has 0 saturated heterocycles. The lowest BCUT2D eigenvalue weighted by atomic mass is 10.0. The zero-order valence-electron chi connectivity index (χ0n) is 16.0. The van der Waals surface area contributed by atoms with E-state index in [1.807, 2.05) is 61.5 Å². The first-order valence-electron chi connectivity index (χ1n) is 9.42. The lowest BCUT2D eigenvalue weighted by Gasteiger charge is -2.17. The van der Waals surface area contributed by atoms with Crippen LogP contribution in [0, 0.1) is 0 Å². The van der Waals surface area contributed by atoms with Crippen LogP contribution in [0.1, 0.15) is 31.7 Å². The Labute approximate surface area is 165 Å². The number of carbonyl (C=O) groups excluding carboxylic acids is 2. The van der Waals surface area contributed by atoms with E-state index in [1.165, 1.54) is 0 Å². The van der Waals surface area contributed by atoms with Crippen molar-refractivity contribution < 1.29 is 19.5 Å². The summed E-state index contributed by atoms with van der Waals surface area (Å²) in [5, 5.41) is 14.2. The molecule has 2 aromatic rings. The van der Waals surface area contributed by atoms with Crippen LogP contribution in [0.5, 0.6) is 0 Å². The molecule has 3 N–H and O–H groups in total. The number of benzene rings is 2. The fraction of sp³-hybridized carbons (Fsp3) is 0.318. The number of hydrogen-bond acceptors (Lipinski definition) is 3. The molecule has 6 heteroatoms. The van der Waals surface area contributed by atoms with Gasteiger partial charge >= 0.3 is 5.97 Å². The van der Waals surface area contributed by atoms with Crippen molar-refractivity contribution in [2.24, 2.45) is 0 Å². The summed E-state index contributed by atoms with van der Waals surface area (Å²) in [7, 11) is 0. The van der Waals surface area contributed by atoms with Crippen molar-refractivity contribution in [1.82, 2.24) is 10.6 Å². The zero-order chi connectivity index (χ0) is 20.4. The lowest BCUT2D eigenvalue weighted by molar-refractivity contribution is -0.138. The van der Waals surface area contributed by atoms with Crippen LogP contribution >= 0.6 is 0 Å². The Kier molecular flexibility index (Phi) is 8.21. The molecule has 6 nitrogen and oxygen atoms in total. The molecule has 0 heterocycles. The molecule has 0 fully saturated rings. The standard InChI is InChI=1S/C22H26N2O4/c1-2-14-23-22(28)19(12-13-21(26)27)24-20(25)15-16-8-10-18(11-9-16)17-6-4-3-5-7-17/h3-11,19H,2,12-15H2,1H3,(H,23,28)(H,24,25)(H,26,27)/t19-/m0/s1. The highest BCUT2D eigenvalue weighted by atomic mass is 16.4. The van der Waals surface area contributed by atoms with E-state index in [2.05, 4.69) is 10.6 Å². The number of carboxylic acid groups (broad SMARTS) is 1. The third-order valence-corrected chi connectivity index (χ3v) is 4.27. The van der Waals surface area contributed by atoms with Crippen molar-refractivity contribution in [2.45, 2.75) is 38.6 Å². The minimum Gasteiger partial charge on any atom is -0.481 e. The van der Waals surface area contributed by atoms with Crippen LogP contribution < -0.4 is 10.6 Å². The quantitative estimate of drug-likeness (QED) is 0.589. The predicted octanol–water partition coefficient (Wildman–Crippen LogP) is 2.77. The number of carboxylic acids is 1. The topological polar surface area (TPSA) is 95.5 Å². The van der Waals surface area contributed by atoms with Crippen LogP contribution in [0.3, 0.4) is 0 Å². The van der Waals surface area contributed by atoms with E-state index in [4.69, 9.17) is 5.11 Å². The highest BCUT2D eigenvalue weighted by Gasteiger charge is 2.21. The number of amides is 2. The fourth-order valence-electron chi connectivity index (χ4n) is 2.78. The van der Waals surface area contributed by atoms with Crippen LogP contribution in [0.4, 0.5) is 0 Å². The average molecular weight is 382 g/mol. The molecule has 2 amide bonds. The molecule has 2 aromatic carbocycles. The van der Waals surface area contributed by atoms with Crippen molar-refractivity contribution in [1.29, 1.82) is 0 Å². The van der Waals surface area contributed by atoms with Crippen LogP contribution in [-0.2, 0) is 20.8 Å². The van der Waals surface area contributed by atoms with Gasteiger partial charge in [-0.05, 0) is 29.5 Å². The molecule has 0 unspecified atom stereocenters. The van der Waals surface area contributed by atoms with Gasteiger partial charge in [0.1, 0.15) is 6.04 Å². The van der Waals surface area contributed by atoms with Gasteiger partial charge in [0.25, 0.3) is 0 Å². The summed E-state index contributed by atoms with van der Waals surface area (Å²) in [4.78, 5) is 35.4. The maximum atomic E-state index is 12.4. The molecule has 28 heavy (non-hydrogen) atoms. The van der Waals surface area contributed by atoms with Gasteiger partial charge in [-0.25, -0.2) is 0 Å². The Morgan fingerprint density at radius 3 is 2.21 bits per heavy atom. The summed E-state index contributed by atoms with van der Waals surface area (Å²) in [6, 6.07) is 16.7. The molecule has 0 spiro atoms. The van der Waals surface area contributed by atoms with E-state index in [0.29, 0.717) is 6.54 Å².